The first kappa shape index (κ1) is 60.3. The topological polar surface area (TPSA) is 240 Å². The number of nitrogens with zero attached hydrogens (tertiary/aromatic N) is 1. The van der Waals surface area contributed by atoms with E-state index >= 15 is 0 Å². The molecule has 1 aliphatic rings. The molecule has 0 spiro atoms. The summed E-state index contributed by atoms with van der Waals surface area (Å²) in [5.74, 6) is -0.354. The number of halogens is 4. The van der Waals surface area contributed by atoms with Crippen molar-refractivity contribution in [3.05, 3.63) is 240 Å². The Morgan fingerprint density at radius 3 is 1.37 bits per heavy atom. The SMILES string of the molecule is CSc1cccc(N)c1.Cc1ccc(N)cc1F.Cc1cccc(N)c1.Cc1cccc(N)c1.Cc1ccccc1N.Nc1cc(F)cc(-c2cccnc2)c1.Nc1cc(F)cc(F)c1.Nc1ccc2c(c1)OCO2. The Hall–Kier alpha value is -9.02. The van der Waals surface area contributed by atoms with Gasteiger partial charge < -0.3 is 55.3 Å². The van der Waals surface area contributed by atoms with E-state index in [4.69, 9.17) is 55.3 Å². The number of anilines is 8. The van der Waals surface area contributed by atoms with Crippen molar-refractivity contribution in [1.29, 1.82) is 0 Å². The minimum Gasteiger partial charge on any atom is -0.454 e. The lowest BCUT2D eigenvalue weighted by Gasteiger charge is -2.02. The molecular weight excluding hydrogens is 975 g/mol. The van der Waals surface area contributed by atoms with Crippen molar-refractivity contribution in [3.8, 4) is 22.6 Å². The van der Waals surface area contributed by atoms with Crippen LogP contribution in [0.2, 0.25) is 0 Å². The van der Waals surface area contributed by atoms with Gasteiger partial charge in [-0.15, -0.1) is 11.8 Å². The molecule has 16 N–H and O–H groups in total. The molecule has 0 saturated heterocycles. The summed E-state index contributed by atoms with van der Waals surface area (Å²) in [6.45, 7) is 8.05. The Kier molecular flexibility index (Phi) is 25.8. The zero-order valence-electron chi connectivity index (χ0n) is 42.5. The second-order valence-corrected chi connectivity index (χ2v) is 17.2. The molecule has 0 saturated carbocycles. The summed E-state index contributed by atoms with van der Waals surface area (Å²) >= 11 is 1.70. The van der Waals surface area contributed by atoms with Crippen molar-refractivity contribution in [2.24, 2.45) is 0 Å². The van der Waals surface area contributed by atoms with Gasteiger partial charge in [0.15, 0.2) is 11.5 Å². The van der Waals surface area contributed by atoms with Crippen LogP contribution in [0.15, 0.2) is 199 Å². The molecule has 9 aromatic rings. The van der Waals surface area contributed by atoms with Crippen LogP contribution >= 0.6 is 11.8 Å². The standard InChI is InChI=1S/C11H9FN2.C7H8FN.C7H7NO2.C7H9NS.3C7H9N.C6H5F2N/c12-10-4-9(5-11(13)6-10)8-2-1-3-14-7-8;1-5-2-3-6(9)4-7(5)8;8-5-1-2-6-7(3-5)10-4-9-6;1-9-7-4-2-3-6(8)5-7;2*1-6-3-2-4-7(8)5-6;1-6-4-2-3-5-7(6)8;7-4-1-5(8)3-6(9)2-4/h1-7H,13H2;2-4H,9H2,1H3;1-3H,4,8H2;2-5H,8H2,1H3;3*2-5H,8H2,1H3;1-3H,9H2. The van der Waals surface area contributed by atoms with Gasteiger partial charge in [-0.2, -0.15) is 0 Å². The van der Waals surface area contributed by atoms with Gasteiger partial charge in [0.2, 0.25) is 6.79 Å². The van der Waals surface area contributed by atoms with Gasteiger partial charge in [-0.25, -0.2) is 17.6 Å². The van der Waals surface area contributed by atoms with Crippen molar-refractivity contribution in [3.63, 3.8) is 0 Å². The third-order valence-corrected chi connectivity index (χ3v) is 10.5. The fourth-order valence-corrected chi connectivity index (χ4v) is 6.45. The Bertz CT molecular complexity index is 2960. The number of fused-ring (bicyclic) bond motifs is 1. The molecule has 1 aromatic heterocycles. The van der Waals surface area contributed by atoms with Crippen LogP contribution in [-0.4, -0.2) is 18.0 Å². The van der Waals surface area contributed by atoms with Gasteiger partial charge in [0, 0.05) is 80.5 Å². The first-order valence-corrected chi connectivity index (χ1v) is 24.1. The number of ether oxygens (including phenoxy) is 2. The Balaban J connectivity index is 0.000000228. The Morgan fingerprint density at radius 1 is 0.413 bits per heavy atom. The lowest BCUT2D eigenvalue weighted by atomic mass is 10.1. The van der Waals surface area contributed by atoms with Gasteiger partial charge in [-0.3, -0.25) is 4.98 Å². The minimum absolute atomic E-state index is 0.104. The monoisotopic (exact) mass is 1040 g/mol. The smallest absolute Gasteiger partial charge is 0.231 e. The normalized spacial score (nSPS) is 10.0. The van der Waals surface area contributed by atoms with Gasteiger partial charge in [0.25, 0.3) is 0 Å². The Labute approximate surface area is 441 Å². The molecule has 0 unspecified atom stereocenters. The van der Waals surface area contributed by atoms with Crippen molar-refractivity contribution in [2.75, 3.05) is 58.9 Å². The number of para-hydroxylation sites is 1. The van der Waals surface area contributed by atoms with E-state index in [-0.39, 0.29) is 17.3 Å². The van der Waals surface area contributed by atoms with E-state index in [0.717, 1.165) is 69.1 Å². The molecule has 2 heterocycles. The van der Waals surface area contributed by atoms with E-state index in [0.29, 0.717) is 29.4 Å². The van der Waals surface area contributed by atoms with E-state index in [1.54, 1.807) is 73.5 Å². The molecule has 11 nitrogen and oxygen atoms in total. The van der Waals surface area contributed by atoms with E-state index in [2.05, 4.69) is 4.98 Å². The maximum Gasteiger partial charge on any atom is 0.231 e. The van der Waals surface area contributed by atoms with E-state index in [1.807, 2.05) is 130 Å². The van der Waals surface area contributed by atoms with Crippen LogP contribution in [0.4, 0.5) is 63.1 Å². The number of thioether (sulfide) groups is 1. The molecule has 0 amide bonds. The quantitative estimate of drug-likeness (QED) is 0.0458. The molecule has 8 aromatic carbocycles. The fraction of sp³-hybridized carbons (Fsp3) is 0.102. The molecule has 392 valence electrons. The van der Waals surface area contributed by atoms with E-state index in [9.17, 15) is 17.6 Å². The highest BCUT2D eigenvalue weighted by atomic mass is 32.2. The summed E-state index contributed by atoms with van der Waals surface area (Å²) in [7, 11) is 0. The highest BCUT2D eigenvalue weighted by Gasteiger charge is 2.11. The number of rotatable bonds is 2. The Morgan fingerprint density at radius 2 is 0.933 bits per heavy atom. The van der Waals surface area contributed by atoms with E-state index < -0.39 is 11.6 Å². The lowest BCUT2D eigenvalue weighted by Crippen LogP contribution is -1.92. The van der Waals surface area contributed by atoms with Gasteiger partial charge in [0.1, 0.15) is 23.3 Å². The number of pyridine rings is 1. The zero-order valence-corrected chi connectivity index (χ0v) is 43.3. The van der Waals surface area contributed by atoms with Gasteiger partial charge >= 0.3 is 0 Å². The van der Waals surface area contributed by atoms with Crippen LogP contribution in [0, 0.1) is 51.0 Å². The third-order valence-electron chi connectivity index (χ3n) is 9.76. The predicted octanol–water partition coefficient (Wildman–Crippen LogP) is 13.5. The summed E-state index contributed by atoms with van der Waals surface area (Å²) in [4.78, 5) is 5.17. The average Bonchev–Trinajstić information content (AvgIpc) is 3.83. The molecule has 0 aliphatic carbocycles. The first-order valence-electron chi connectivity index (χ1n) is 22.9. The molecular formula is C59H65F4N9O2S. The van der Waals surface area contributed by atoms with Crippen molar-refractivity contribution < 1.29 is 27.0 Å². The van der Waals surface area contributed by atoms with Crippen LogP contribution in [0.3, 0.4) is 0 Å². The fourth-order valence-electron chi connectivity index (χ4n) is 5.98. The summed E-state index contributed by atoms with van der Waals surface area (Å²) < 4.78 is 59.9. The lowest BCUT2D eigenvalue weighted by molar-refractivity contribution is 0.174. The van der Waals surface area contributed by atoms with Crippen LogP contribution in [0.25, 0.3) is 11.1 Å². The number of nitrogens with two attached hydrogens (primary N) is 8. The number of benzene rings is 8. The summed E-state index contributed by atoms with van der Waals surface area (Å²) in [5.41, 5.74) is 54.2. The summed E-state index contributed by atoms with van der Waals surface area (Å²) in [6.07, 6.45) is 5.38. The molecule has 0 radical (unpaired) electrons. The number of hydrogen-bond donors (Lipinski definition) is 8. The second kappa shape index (κ2) is 32.1. The predicted molar refractivity (Wildman–Crippen MR) is 307 cm³/mol. The van der Waals surface area contributed by atoms with Gasteiger partial charge in [0.05, 0.1) is 0 Å². The molecule has 75 heavy (non-hydrogen) atoms. The molecule has 16 heteroatoms. The van der Waals surface area contributed by atoms with Crippen LogP contribution in [-0.2, 0) is 0 Å². The highest BCUT2D eigenvalue weighted by molar-refractivity contribution is 7.98. The molecule has 10 rings (SSSR count). The number of aryl methyl sites for hydroxylation is 4. The molecule has 1 aliphatic heterocycles. The molecule has 0 atom stereocenters. The van der Waals surface area contributed by atoms with Crippen LogP contribution < -0.4 is 55.3 Å². The third kappa shape index (κ3) is 24.8. The summed E-state index contributed by atoms with van der Waals surface area (Å²) in [5, 5.41) is 0. The number of nitrogen functional groups attached to an aromatic ring is 8. The van der Waals surface area contributed by atoms with Crippen LogP contribution in [0.5, 0.6) is 11.5 Å². The average molecular weight is 1040 g/mol. The zero-order chi connectivity index (χ0) is 55.3. The largest absolute Gasteiger partial charge is 0.454 e. The molecule has 0 fully saturated rings. The van der Waals surface area contributed by atoms with Crippen LogP contribution in [0.1, 0.15) is 22.3 Å². The highest BCUT2D eigenvalue weighted by Crippen LogP contribution is 2.33. The summed E-state index contributed by atoms with van der Waals surface area (Å²) in [6, 6.07) is 52.3. The van der Waals surface area contributed by atoms with E-state index in [1.165, 1.54) is 34.2 Å². The first-order chi connectivity index (χ1) is 35.7. The molecule has 0 bridgehead atoms. The second-order valence-electron chi connectivity index (χ2n) is 16.3. The maximum absolute atomic E-state index is 13.0. The van der Waals surface area contributed by atoms with Gasteiger partial charge in [-0.1, -0.05) is 60.7 Å². The maximum atomic E-state index is 13.0. The minimum atomic E-state index is -0.646. The van der Waals surface area contributed by atoms with Gasteiger partial charge in [-0.05, 0) is 171 Å². The van der Waals surface area contributed by atoms with Crippen molar-refractivity contribution in [2.45, 2.75) is 32.6 Å². The van der Waals surface area contributed by atoms with Crippen molar-refractivity contribution >= 4 is 57.3 Å². The number of hydrogen-bond acceptors (Lipinski definition) is 12. The number of aromatic nitrogens is 1. The van der Waals surface area contributed by atoms with Crippen molar-refractivity contribution in [1.82, 2.24) is 4.98 Å².